The van der Waals surface area contributed by atoms with Crippen molar-refractivity contribution >= 4 is 6.48 Å². The van der Waals surface area contributed by atoms with Gasteiger partial charge in [-0.3, -0.25) is 0 Å². The summed E-state index contributed by atoms with van der Waals surface area (Å²) in [6, 6.07) is 35.0. The minimum Gasteiger partial charge on any atom is -1.00 e. The standard InChI is InChI=1S/C21H25.C13H10.C10H15.2ClH.Zr/c1-20(2,3)16-7-9-18-14(12-16)11-15-13-17(21(4,5)6)8-10-19(15)18;1-3-7-12(8-4-1)11-13-9-5-2-6-10-13;1-8-5-6-9(7-8)10(2,3)4;;;/h7-10,12H,11H2,1-6H3;1-10H;5,7,9H,1-4H3;2*1H;/q;;;;;+2/p-2. The Hall–Kier alpha value is -2.31. The van der Waals surface area contributed by atoms with Crippen molar-refractivity contribution in [2.45, 2.75) is 86.5 Å². The topological polar surface area (TPSA) is 0 Å². The number of benzene rings is 4. The van der Waals surface area contributed by atoms with Crippen molar-refractivity contribution in [1.29, 1.82) is 0 Å². The normalized spacial score (nSPS) is 15.3. The van der Waals surface area contributed by atoms with Crippen LogP contribution in [0.2, 0.25) is 0 Å². The van der Waals surface area contributed by atoms with Crippen LogP contribution < -0.4 is 28.1 Å². The third-order valence-electron chi connectivity index (χ3n) is 9.74. The van der Waals surface area contributed by atoms with E-state index in [1.165, 1.54) is 39.0 Å². The van der Waals surface area contributed by atoms with E-state index in [1.54, 1.807) is 20.9 Å². The van der Waals surface area contributed by atoms with Crippen molar-refractivity contribution in [3.63, 3.8) is 0 Å². The maximum absolute atomic E-state index is 2.94. The van der Waals surface area contributed by atoms with Gasteiger partial charge in [0.25, 0.3) is 0 Å². The van der Waals surface area contributed by atoms with E-state index in [1.807, 2.05) is 0 Å². The summed E-state index contributed by atoms with van der Waals surface area (Å²) in [4.78, 5) is 0. The van der Waals surface area contributed by atoms with Gasteiger partial charge in [0, 0.05) is 0 Å². The summed E-state index contributed by atoms with van der Waals surface area (Å²) in [5.41, 5.74) is 13.5. The second-order valence-corrected chi connectivity index (χ2v) is 22.1. The number of allylic oxidation sites excluding steroid dienone is 4. The van der Waals surface area contributed by atoms with Gasteiger partial charge < -0.3 is 24.8 Å². The average Bonchev–Trinajstić information content (AvgIpc) is 3.55. The Morgan fingerprint density at radius 3 is 1.72 bits per heavy atom. The van der Waals surface area contributed by atoms with E-state index < -0.39 is 21.3 Å². The first-order chi connectivity index (χ1) is 21.1. The molecule has 0 heterocycles. The molecule has 244 valence electrons. The van der Waals surface area contributed by atoms with E-state index in [9.17, 15) is 0 Å². The zero-order chi connectivity index (χ0) is 32.3. The Morgan fingerprint density at radius 1 is 0.660 bits per heavy atom. The molecule has 2 aliphatic carbocycles. The van der Waals surface area contributed by atoms with E-state index in [4.69, 9.17) is 0 Å². The molecule has 4 aromatic carbocycles. The van der Waals surface area contributed by atoms with Gasteiger partial charge in [0.15, 0.2) is 0 Å². The van der Waals surface area contributed by atoms with Crippen LogP contribution in [0.4, 0.5) is 0 Å². The van der Waals surface area contributed by atoms with Crippen LogP contribution in [0.25, 0.3) is 11.1 Å². The van der Waals surface area contributed by atoms with Crippen molar-refractivity contribution in [2.75, 3.05) is 0 Å². The summed E-state index contributed by atoms with van der Waals surface area (Å²) in [5, 5.41) is 0. The van der Waals surface area contributed by atoms with Gasteiger partial charge in [0.2, 0.25) is 0 Å². The van der Waals surface area contributed by atoms with E-state index in [0.717, 1.165) is 6.42 Å². The Labute approximate surface area is 304 Å². The van der Waals surface area contributed by atoms with Gasteiger partial charge in [-0.05, 0) is 0 Å². The summed E-state index contributed by atoms with van der Waals surface area (Å²) in [6.07, 6.45) is 6.21. The van der Waals surface area contributed by atoms with Crippen molar-refractivity contribution in [3.05, 3.63) is 145 Å². The molecule has 0 saturated heterocycles. The van der Waals surface area contributed by atoms with Gasteiger partial charge in [-0.2, -0.15) is 0 Å². The fraction of sp³-hybridized carbons (Fsp3) is 0.341. The molecule has 6 rings (SSSR count). The predicted octanol–water partition coefficient (Wildman–Crippen LogP) is 4.88. The SMILES string of the molecule is CC1=CC(C(C)(C)C)[C]([Zr+2](=[C](c2ccccc2)c2ccccc2)[c]2c(C(C)(C)C)ccc3c2Cc2cc(C(C)(C)C)ccc2-3)=C1.[Cl-].[Cl-]. The molecule has 47 heavy (non-hydrogen) atoms. The van der Waals surface area contributed by atoms with Crippen LogP contribution in [0.5, 0.6) is 0 Å². The smallest absolute Gasteiger partial charge is 1.00 e. The Morgan fingerprint density at radius 2 is 1.21 bits per heavy atom. The van der Waals surface area contributed by atoms with Crippen molar-refractivity contribution in [1.82, 2.24) is 0 Å². The first-order valence-electron chi connectivity index (χ1n) is 16.7. The van der Waals surface area contributed by atoms with Crippen LogP contribution in [0.15, 0.2) is 112 Å². The first kappa shape index (κ1) is 37.5. The van der Waals surface area contributed by atoms with E-state index in [2.05, 4.69) is 172 Å². The van der Waals surface area contributed by atoms with Crippen LogP contribution in [0.3, 0.4) is 0 Å². The molecular weight excluding hydrogens is 691 g/mol. The molecule has 0 N–H and O–H groups in total. The van der Waals surface area contributed by atoms with Crippen molar-refractivity contribution in [2.24, 2.45) is 11.3 Å². The van der Waals surface area contributed by atoms with Crippen LogP contribution >= 0.6 is 0 Å². The molecule has 0 aromatic heterocycles. The maximum atomic E-state index is 2.61. The van der Waals surface area contributed by atoms with Gasteiger partial charge in [-0.15, -0.1) is 0 Å². The zero-order valence-electron chi connectivity index (χ0n) is 29.9. The molecule has 1 unspecified atom stereocenters. The minimum atomic E-state index is -2.94. The fourth-order valence-corrected chi connectivity index (χ4v) is 17.7. The molecular formula is C44H50Cl2Zr. The molecule has 4 aromatic rings. The van der Waals surface area contributed by atoms with Gasteiger partial charge in [-0.1, -0.05) is 0 Å². The second-order valence-electron chi connectivity index (χ2n) is 16.4. The molecule has 0 bridgehead atoms. The molecule has 1 atom stereocenters. The summed E-state index contributed by atoms with van der Waals surface area (Å²) < 4.78 is 5.03. The Kier molecular flexibility index (Phi) is 11.1. The van der Waals surface area contributed by atoms with E-state index in [-0.39, 0.29) is 41.1 Å². The maximum Gasteiger partial charge on any atom is -1.00 e. The monoisotopic (exact) mass is 738 g/mol. The second kappa shape index (κ2) is 13.9. The Balaban J connectivity index is 0.00000250. The molecule has 0 amide bonds. The van der Waals surface area contributed by atoms with Crippen molar-refractivity contribution in [3.8, 4) is 11.1 Å². The third kappa shape index (κ3) is 7.34. The number of fused-ring (bicyclic) bond motifs is 3. The number of halogens is 2. The van der Waals surface area contributed by atoms with Crippen LogP contribution in [0.1, 0.15) is 103 Å². The first-order valence-corrected chi connectivity index (χ1v) is 20.4. The molecule has 3 heteroatoms. The number of hydrogen-bond donors (Lipinski definition) is 0. The van der Waals surface area contributed by atoms with Crippen LogP contribution in [-0.2, 0) is 38.5 Å². The fourth-order valence-electron chi connectivity index (χ4n) is 7.41. The van der Waals surface area contributed by atoms with Gasteiger partial charge in [0.1, 0.15) is 0 Å². The summed E-state index contributed by atoms with van der Waals surface area (Å²) in [7, 11) is 0. The average molecular weight is 741 g/mol. The Bertz CT molecular complexity index is 1810. The minimum absolute atomic E-state index is 0. The molecule has 0 fully saturated rings. The third-order valence-corrected chi connectivity index (χ3v) is 17.6. The number of hydrogen-bond acceptors (Lipinski definition) is 0. The summed E-state index contributed by atoms with van der Waals surface area (Å²) in [6.45, 7) is 23.9. The summed E-state index contributed by atoms with van der Waals surface area (Å²) >= 11 is -2.94. The number of rotatable bonds is 4. The van der Waals surface area contributed by atoms with Gasteiger partial charge in [-0.25, -0.2) is 0 Å². The van der Waals surface area contributed by atoms with Crippen molar-refractivity contribution < 1.29 is 46.1 Å². The molecule has 0 saturated carbocycles. The van der Waals surface area contributed by atoms with Gasteiger partial charge >= 0.3 is 282 Å². The van der Waals surface area contributed by atoms with E-state index in [0.29, 0.717) is 5.92 Å². The molecule has 0 aliphatic heterocycles. The molecule has 0 spiro atoms. The summed E-state index contributed by atoms with van der Waals surface area (Å²) in [5.74, 6) is 0.425. The largest absolute Gasteiger partial charge is 1.00 e. The zero-order valence-corrected chi connectivity index (χ0v) is 33.8. The van der Waals surface area contributed by atoms with E-state index >= 15 is 0 Å². The van der Waals surface area contributed by atoms with Crippen LogP contribution in [-0.4, -0.2) is 3.21 Å². The van der Waals surface area contributed by atoms with Gasteiger partial charge in [0.05, 0.1) is 0 Å². The quantitative estimate of drug-likeness (QED) is 0.247. The molecule has 0 nitrogen and oxygen atoms in total. The predicted molar refractivity (Wildman–Crippen MR) is 193 cm³/mol. The molecule has 2 aliphatic rings. The van der Waals surface area contributed by atoms with Crippen LogP contribution in [0, 0.1) is 11.3 Å². The molecule has 0 radical (unpaired) electrons.